The average molecular weight is 357 g/mol. The van der Waals surface area contributed by atoms with Gasteiger partial charge in [0.2, 0.25) is 0 Å². The highest BCUT2D eigenvalue weighted by Gasteiger charge is 2.33. The van der Waals surface area contributed by atoms with Gasteiger partial charge in [-0.05, 0) is 31.5 Å². The zero-order valence-electron chi connectivity index (χ0n) is 11.1. The van der Waals surface area contributed by atoms with Crippen molar-refractivity contribution in [2.75, 3.05) is 13.2 Å². The predicted molar refractivity (Wildman–Crippen MR) is 72.1 cm³/mol. The number of rotatable bonds is 6. The molecule has 0 saturated carbocycles. The van der Waals surface area contributed by atoms with Crippen LogP contribution >= 0.6 is 15.9 Å². The molecule has 0 aliphatic rings. The topological polar surface area (TPSA) is 38.7 Å². The molecule has 7 heteroatoms. The molecule has 0 aliphatic carbocycles. The van der Waals surface area contributed by atoms with Gasteiger partial charge in [-0.2, -0.15) is 13.2 Å². The lowest BCUT2D eigenvalue weighted by molar-refractivity contribution is -0.154. The summed E-state index contributed by atoms with van der Waals surface area (Å²) < 4.78 is 48.0. The van der Waals surface area contributed by atoms with Crippen molar-refractivity contribution in [3.8, 4) is 11.5 Å². The van der Waals surface area contributed by atoms with Crippen molar-refractivity contribution < 1.29 is 27.8 Å². The zero-order valence-corrected chi connectivity index (χ0v) is 12.7. The molecule has 1 aromatic carbocycles. The van der Waals surface area contributed by atoms with Crippen LogP contribution in [0.15, 0.2) is 16.6 Å². The molecule has 1 unspecified atom stereocenters. The van der Waals surface area contributed by atoms with Crippen LogP contribution in [0.5, 0.6) is 11.5 Å². The maximum absolute atomic E-state index is 12.3. The minimum atomic E-state index is -4.44. The number of benzene rings is 1. The van der Waals surface area contributed by atoms with Gasteiger partial charge in [0.1, 0.15) is 0 Å². The summed E-state index contributed by atoms with van der Waals surface area (Å²) in [7, 11) is 0. The third-order valence-corrected chi connectivity index (χ3v) is 3.13. The summed E-state index contributed by atoms with van der Waals surface area (Å²) in [6.45, 7) is 4.28. The molecule has 0 spiro atoms. The number of halogens is 4. The van der Waals surface area contributed by atoms with Crippen molar-refractivity contribution in [2.24, 2.45) is 0 Å². The second-order valence-corrected chi connectivity index (χ2v) is 4.88. The third kappa shape index (κ3) is 4.86. The summed E-state index contributed by atoms with van der Waals surface area (Å²) in [6, 6.07) is 2.87. The minimum Gasteiger partial charge on any atom is -0.490 e. The van der Waals surface area contributed by atoms with Crippen molar-refractivity contribution in [2.45, 2.75) is 32.5 Å². The Morgan fingerprint density at radius 1 is 1.15 bits per heavy atom. The van der Waals surface area contributed by atoms with E-state index < -0.39 is 18.7 Å². The highest BCUT2D eigenvalue weighted by Crippen LogP contribution is 2.39. The zero-order chi connectivity index (χ0) is 15.3. The van der Waals surface area contributed by atoms with E-state index in [0.717, 1.165) is 0 Å². The van der Waals surface area contributed by atoms with Crippen molar-refractivity contribution in [3.05, 3.63) is 22.2 Å². The summed E-state index contributed by atoms with van der Waals surface area (Å²) in [6.07, 6.45) is -7.41. The Morgan fingerprint density at radius 2 is 1.65 bits per heavy atom. The molecule has 0 heterocycles. The first kappa shape index (κ1) is 17.1. The number of hydrogen-bond acceptors (Lipinski definition) is 3. The van der Waals surface area contributed by atoms with E-state index in [1.807, 2.05) is 0 Å². The Hall–Kier alpha value is -0.950. The second kappa shape index (κ2) is 7.17. The van der Waals surface area contributed by atoms with E-state index in [-0.39, 0.29) is 5.56 Å². The van der Waals surface area contributed by atoms with Gasteiger partial charge < -0.3 is 14.6 Å². The van der Waals surface area contributed by atoms with Gasteiger partial charge >= 0.3 is 6.18 Å². The van der Waals surface area contributed by atoms with Crippen LogP contribution in [0.25, 0.3) is 0 Å². The SMILES string of the molecule is CCOc1cc(Br)c(C(O)CC(F)(F)F)cc1OCC. The van der Waals surface area contributed by atoms with Gasteiger partial charge in [-0.25, -0.2) is 0 Å². The van der Waals surface area contributed by atoms with Gasteiger partial charge in [0.25, 0.3) is 0 Å². The van der Waals surface area contributed by atoms with Crippen LogP contribution in [0.4, 0.5) is 13.2 Å². The van der Waals surface area contributed by atoms with Crippen LogP contribution < -0.4 is 9.47 Å². The van der Waals surface area contributed by atoms with Crippen LogP contribution in [0.1, 0.15) is 31.9 Å². The molecule has 1 rings (SSSR count). The third-order valence-electron chi connectivity index (χ3n) is 2.45. The van der Waals surface area contributed by atoms with Gasteiger partial charge in [0.05, 0.1) is 25.7 Å². The fourth-order valence-electron chi connectivity index (χ4n) is 1.67. The average Bonchev–Trinajstić information content (AvgIpc) is 2.30. The van der Waals surface area contributed by atoms with E-state index >= 15 is 0 Å². The van der Waals surface area contributed by atoms with Crippen LogP contribution in [-0.2, 0) is 0 Å². The molecule has 0 radical (unpaired) electrons. The smallest absolute Gasteiger partial charge is 0.391 e. The fourth-order valence-corrected chi connectivity index (χ4v) is 2.26. The molecule has 1 atom stereocenters. The molecule has 1 N–H and O–H groups in total. The van der Waals surface area contributed by atoms with E-state index in [0.29, 0.717) is 29.2 Å². The first-order valence-electron chi connectivity index (χ1n) is 6.12. The highest BCUT2D eigenvalue weighted by molar-refractivity contribution is 9.10. The predicted octanol–water partition coefficient (Wildman–Crippen LogP) is 4.23. The number of hydrogen-bond donors (Lipinski definition) is 1. The lowest BCUT2D eigenvalue weighted by atomic mass is 10.1. The Kier molecular flexibility index (Phi) is 6.13. The number of alkyl halides is 3. The van der Waals surface area contributed by atoms with Crippen molar-refractivity contribution in [3.63, 3.8) is 0 Å². The maximum atomic E-state index is 12.3. The van der Waals surface area contributed by atoms with Crippen molar-refractivity contribution in [1.82, 2.24) is 0 Å². The van der Waals surface area contributed by atoms with Gasteiger partial charge in [-0.1, -0.05) is 15.9 Å². The molecule has 0 saturated heterocycles. The van der Waals surface area contributed by atoms with E-state index in [1.165, 1.54) is 12.1 Å². The summed E-state index contributed by atoms with van der Waals surface area (Å²) in [5.74, 6) is 0.734. The summed E-state index contributed by atoms with van der Waals surface area (Å²) in [5, 5.41) is 9.70. The Balaban J connectivity index is 3.10. The molecule has 0 amide bonds. The Bertz CT molecular complexity index is 449. The van der Waals surface area contributed by atoms with Crippen molar-refractivity contribution in [1.29, 1.82) is 0 Å². The largest absolute Gasteiger partial charge is 0.490 e. The molecule has 3 nitrogen and oxygen atoms in total. The monoisotopic (exact) mass is 356 g/mol. The molecule has 114 valence electrons. The molecule has 0 fully saturated rings. The number of ether oxygens (including phenoxy) is 2. The quantitative estimate of drug-likeness (QED) is 0.828. The second-order valence-electron chi connectivity index (χ2n) is 4.02. The minimum absolute atomic E-state index is 0.120. The first-order valence-corrected chi connectivity index (χ1v) is 6.91. The van der Waals surface area contributed by atoms with Crippen molar-refractivity contribution >= 4 is 15.9 Å². The van der Waals surface area contributed by atoms with Gasteiger partial charge in [0, 0.05) is 4.47 Å². The maximum Gasteiger partial charge on any atom is 0.391 e. The summed E-state index contributed by atoms with van der Waals surface area (Å²) >= 11 is 3.15. The van der Waals surface area contributed by atoms with E-state index in [4.69, 9.17) is 9.47 Å². The standard InChI is InChI=1S/C13H16BrF3O3/c1-3-19-11-5-8(10(18)7-13(15,16)17)9(14)6-12(11)20-4-2/h5-6,10,18H,3-4,7H2,1-2H3. The lowest BCUT2D eigenvalue weighted by Gasteiger charge is -2.18. The molecular weight excluding hydrogens is 341 g/mol. The summed E-state index contributed by atoms with van der Waals surface area (Å²) in [5.41, 5.74) is 0.120. The molecular formula is C13H16BrF3O3. The van der Waals surface area contributed by atoms with Crippen LogP contribution in [0, 0.1) is 0 Å². The van der Waals surface area contributed by atoms with Crippen LogP contribution in [0.3, 0.4) is 0 Å². The Morgan fingerprint density at radius 3 is 2.10 bits per heavy atom. The van der Waals surface area contributed by atoms with E-state index in [2.05, 4.69) is 15.9 Å². The number of aliphatic hydroxyl groups excluding tert-OH is 1. The Labute approximate surface area is 123 Å². The lowest BCUT2D eigenvalue weighted by Crippen LogP contribution is -2.14. The van der Waals surface area contributed by atoms with Gasteiger partial charge in [-0.3, -0.25) is 0 Å². The van der Waals surface area contributed by atoms with E-state index in [1.54, 1.807) is 13.8 Å². The molecule has 0 aromatic heterocycles. The normalized spacial score (nSPS) is 13.2. The highest BCUT2D eigenvalue weighted by atomic mass is 79.9. The number of aliphatic hydroxyl groups is 1. The van der Waals surface area contributed by atoms with E-state index in [9.17, 15) is 18.3 Å². The van der Waals surface area contributed by atoms with Crippen LogP contribution in [0.2, 0.25) is 0 Å². The summed E-state index contributed by atoms with van der Waals surface area (Å²) in [4.78, 5) is 0. The molecule has 20 heavy (non-hydrogen) atoms. The molecule has 0 bridgehead atoms. The fraction of sp³-hybridized carbons (Fsp3) is 0.538. The molecule has 0 aliphatic heterocycles. The van der Waals surface area contributed by atoms with Gasteiger partial charge in [0.15, 0.2) is 11.5 Å². The first-order chi connectivity index (χ1) is 9.28. The molecule has 1 aromatic rings. The van der Waals surface area contributed by atoms with Gasteiger partial charge in [-0.15, -0.1) is 0 Å². The van der Waals surface area contributed by atoms with Crippen LogP contribution in [-0.4, -0.2) is 24.5 Å².